The van der Waals surface area contributed by atoms with Crippen LogP contribution in [0.4, 0.5) is 0 Å². The SMILES string of the molecule is Cc1ccc(C(=O)N2CCNC(C)C2C)s1. The molecule has 1 aromatic heterocycles. The Morgan fingerprint density at radius 1 is 1.50 bits per heavy atom. The second-order valence-corrected chi connectivity index (χ2v) is 5.68. The van der Waals surface area contributed by atoms with Crippen molar-refractivity contribution < 1.29 is 4.79 Å². The fourth-order valence-corrected chi connectivity index (χ4v) is 2.86. The molecule has 1 amide bonds. The number of nitrogens with one attached hydrogen (secondary N) is 1. The van der Waals surface area contributed by atoms with E-state index in [4.69, 9.17) is 0 Å². The lowest BCUT2D eigenvalue weighted by molar-refractivity contribution is 0.0608. The van der Waals surface area contributed by atoms with Crippen LogP contribution in [0, 0.1) is 6.92 Å². The van der Waals surface area contributed by atoms with E-state index in [0.717, 1.165) is 18.0 Å². The summed E-state index contributed by atoms with van der Waals surface area (Å²) in [5, 5.41) is 3.38. The summed E-state index contributed by atoms with van der Waals surface area (Å²) in [7, 11) is 0. The maximum atomic E-state index is 12.3. The Balaban J connectivity index is 2.15. The zero-order chi connectivity index (χ0) is 11.7. The highest BCUT2D eigenvalue weighted by Crippen LogP contribution is 2.20. The minimum Gasteiger partial charge on any atom is -0.332 e. The summed E-state index contributed by atoms with van der Waals surface area (Å²) in [6.07, 6.45) is 0. The van der Waals surface area contributed by atoms with E-state index in [2.05, 4.69) is 19.2 Å². The highest BCUT2D eigenvalue weighted by atomic mass is 32.1. The van der Waals surface area contributed by atoms with E-state index in [0.29, 0.717) is 6.04 Å². The summed E-state index contributed by atoms with van der Waals surface area (Å²) in [4.78, 5) is 16.3. The van der Waals surface area contributed by atoms with Crippen LogP contribution in [0.25, 0.3) is 0 Å². The number of thiophene rings is 1. The quantitative estimate of drug-likeness (QED) is 0.810. The van der Waals surface area contributed by atoms with Crippen LogP contribution in [-0.4, -0.2) is 36.0 Å². The van der Waals surface area contributed by atoms with Gasteiger partial charge < -0.3 is 10.2 Å². The second-order valence-electron chi connectivity index (χ2n) is 4.39. The number of rotatable bonds is 1. The van der Waals surface area contributed by atoms with Gasteiger partial charge in [0, 0.05) is 30.1 Å². The maximum Gasteiger partial charge on any atom is 0.264 e. The van der Waals surface area contributed by atoms with Crippen molar-refractivity contribution in [1.29, 1.82) is 0 Å². The molecule has 2 atom stereocenters. The number of carbonyl (C=O) groups is 1. The van der Waals surface area contributed by atoms with E-state index in [9.17, 15) is 4.79 Å². The average Bonchev–Trinajstić information content (AvgIpc) is 2.68. The Kier molecular flexibility index (Phi) is 3.30. The van der Waals surface area contributed by atoms with Crippen LogP contribution in [0.2, 0.25) is 0 Å². The smallest absolute Gasteiger partial charge is 0.264 e. The van der Waals surface area contributed by atoms with Crippen LogP contribution in [0.1, 0.15) is 28.4 Å². The van der Waals surface area contributed by atoms with Gasteiger partial charge in [0.1, 0.15) is 0 Å². The van der Waals surface area contributed by atoms with Gasteiger partial charge in [-0.3, -0.25) is 4.79 Å². The molecule has 1 N–H and O–H groups in total. The third kappa shape index (κ3) is 2.13. The first-order valence-corrected chi connectivity index (χ1v) is 6.52. The predicted octanol–water partition coefficient (Wildman–Crippen LogP) is 1.88. The van der Waals surface area contributed by atoms with Crippen LogP contribution in [0.5, 0.6) is 0 Å². The summed E-state index contributed by atoms with van der Waals surface area (Å²) in [6, 6.07) is 4.58. The van der Waals surface area contributed by atoms with Crippen molar-refractivity contribution in [2.75, 3.05) is 13.1 Å². The number of piperazine rings is 1. The lowest BCUT2D eigenvalue weighted by Crippen LogP contribution is -2.57. The molecule has 1 aliphatic heterocycles. The Bertz CT molecular complexity index is 388. The average molecular weight is 238 g/mol. The number of hydrogen-bond acceptors (Lipinski definition) is 3. The molecule has 0 bridgehead atoms. The second kappa shape index (κ2) is 4.55. The first-order valence-electron chi connectivity index (χ1n) is 5.70. The monoisotopic (exact) mass is 238 g/mol. The Morgan fingerprint density at radius 3 is 2.88 bits per heavy atom. The van der Waals surface area contributed by atoms with Crippen LogP contribution < -0.4 is 5.32 Å². The minimum absolute atomic E-state index is 0.180. The van der Waals surface area contributed by atoms with Crippen LogP contribution in [0.15, 0.2) is 12.1 Å². The largest absolute Gasteiger partial charge is 0.332 e. The van der Waals surface area contributed by atoms with Gasteiger partial charge >= 0.3 is 0 Å². The molecule has 3 nitrogen and oxygen atoms in total. The highest BCUT2D eigenvalue weighted by molar-refractivity contribution is 7.13. The summed E-state index contributed by atoms with van der Waals surface area (Å²) in [6.45, 7) is 7.97. The van der Waals surface area contributed by atoms with Gasteiger partial charge in [-0.15, -0.1) is 11.3 Å². The Hall–Kier alpha value is -0.870. The van der Waals surface area contributed by atoms with E-state index in [-0.39, 0.29) is 11.9 Å². The van der Waals surface area contributed by atoms with Crippen molar-refractivity contribution in [3.8, 4) is 0 Å². The number of carbonyl (C=O) groups excluding carboxylic acids is 1. The molecule has 1 saturated heterocycles. The van der Waals surface area contributed by atoms with Crippen molar-refractivity contribution >= 4 is 17.2 Å². The summed E-state index contributed by atoms with van der Waals surface area (Å²) in [5.41, 5.74) is 0. The van der Waals surface area contributed by atoms with E-state index >= 15 is 0 Å². The fraction of sp³-hybridized carbons (Fsp3) is 0.583. The fourth-order valence-electron chi connectivity index (χ4n) is 2.03. The van der Waals surface area contributed by atoms with Gasteiger partial charge in [0.2, 0.25) is 0 Å². The zero-order valence-corrected chi connectivity index (χ0v) is 10.8. The van der Waals surface area contributed by atoms with Crippen molar-refractivity contribution in [2.45, 2.75) is 32.9 Å². The molecule has 16 heavy (non-hydrogen) atoms. The summed E-state index contributed by atoms with van der Waals surface area (Å²) < 4.78 is 0. The van der Waals surface area contributed by atoms with Crippen molar-refractivity contribution in [2.24, 2.45) is 0 Å². The number of nitrogens with zero attached hydrogens (tertiary/aromatic N) is 1. The summed E-state index contributed by atoms with van der Waals surface area (Å²) in [5.74, 6) is 0.180. The van der Waals surface area contributed by atoms with Crippen molar-refractivity contribution in [3.63, 3.8) is 0 Å². The third-order valence-corrected chi connectivity index (χ3v) is 4.23. The molecular formula is C12H18N2OS. The topological polar surface area (TPSA) is 32.3 Å². The Labute approximate surface area is 100 Å². The van der Waals surface area contributed by atoms with Gasteiger partial charge in [-0.25, -0.2) is 0 Å². The molecule has 0 aliphatic carbocycles. The molecular weight excluding hydrogens is 220 g/mol. The van der Waals surface area contributed by atoms with Gasteiger partial charge in [-0.1, -0.05) is 0 Å². The van der Waals surface area contributed by atoms with Gasteiger partial charge in [-0.2, -0.15) is 0 Å². The predicted molar refractivity (Wildman–Crippen MR) is 67.0 cm³/mol. The van der Waals surface area contributed by atoms with Gasteiger partial charge in [0.15, 0.2) is 0 Å². The minimum atomic E-state index is 0.180. The first-order chi connectivity index (χ1) is 7.59. The molecule has 1 aliphatic rings. The molecule has 0 radical (unpaired) electrons. The maximum absolute atomic E-state index is 12.3. The molecule has 4 heteroatoms. The molecule has 2 heterocycles. The first kappa shape index (κ1) is 11.6. The van der Waals surface area contributed by atoms with E-state index in [1.807, 2.05) is 24.0 Å². The van der Waals surface area contributed by atoms with Crippen molar-refractivity contribution in [1.82, 2.24) is 10.2 Å². The van der Waals surface area contributed by atoms with E-state index in [1.165, 1.54) is 4.88 Å². The highest BCUT2D eigenvalue weighted by Gasteiger charge is 2.29. The normalized spacial score (nSPS) is 25.8. The molecule has 1 aromatic rings. The lowest BCUT2D eigenvalue weighted by Gasteiger charge is -2.38. The number of hydrogen-bond donors (Lipinski definition) is 1. The summed E-state index contributed by atoms with van der Waals surface area (Å²) >= 11 is 1.58. The molecule has 1 fully saturated rings. The molecule has 0 aromatic carbocycles. The molecule has 0 spiro atoms. The molecule has 2 rings (SSSR count). The molecule has 2 unspecified atom stereocenters. The van der Waals surface area contributed by atoms with Crippen LogP contribution in [0.3, 0.4) is 0 Å². The number of aryl methyl sites for hydroxylation is 1. The van der Waals surface area contributed by atoms with Gasteiger partial charge in [0.25, 0.3) is 5.91 Å². The van der Waals surface area contributed by atoms with Crippen LogP contribution >= 0.6 is 11.3 Å². The standard InChI is InChI=1S/C12H18N2OS/c1-8-4-5-11(16-8)12(15)14-7-6-13-9(2)10(14)3/h4-5,9-10,13H,6-7H2,1-3H3. The third-order valence-electron chi connectivity index (χ3n) is 3.25. The molecule has 88 valence electrons. The molecule has 0 saturated carbocycles. The number of amides is 1. The van der Waals surface area contributed by atoms with Crippen molar-refractivity contribution in [3.05, 3.63) is 21.9 Å². The lowest BCUT2D eigenvalue weighted by atomic mass is 10.1. The van der Waals surface area contributed by atoms with E-state index < -0.39 is 0 Å². The van der Waals surface area contributed by atoms with E-state index in [1.54, 1.807) is 11.3 Å². The van der Waals surface area contributed by atoms with Gasteiger partial charge in [-0.05, 0) is 32.9 Å². The Morgan fingerprint density at radius 2 is 2.25 bits per heavy atom. The van der Waals surface area contributed by atoms with Gasteiger partial charge in [0.05, 0.1) is 4.88 Å². The zero-order valence-electron chi connectivity index (χ0n) is 9.99. The van der Waals surface area contributed by atoms with Crippen LogP contribution in [-0.2, 0) is 0 Å².